The van der Waals surface area contributed by atoms with E-state index in [1.54, 1.807) is 38.3 Å². The van der Waals surface area contributed by atoms with Crippen molar-refractivity contribution in [3.63, 3.8) is 0 Å². The lowest BCUT2D eigenvalue weighted by molar-refractivity contribution is 0.0601. The van der Waals surface area contributed by atoms with Gasteiger partial charge in [-0.3, -0.25) is 0 Å². The highest BCUT2D eigenvalue weighted by atomic mass is 35.5. The molecule has 3 aromatic rings. The molecular weight excluding hydrogens is 380 g/mol. The number of halogens is 1. The summed E-state index contributed by atoms with van der Waals surface area (Å²) in [6.45, 7) is 1.78. The molecule has 2 N–H and O–H groups in total. The highest BCUT2D eigenvalue weighted by Gasteiger charge is 2.11. The lowest BCUT2D eigenvalue weighted by Gasteiger charge is -2.13. The molecule has 7 nitrogen and oxygen atoms in total. The Balaban J connectivity index is 1.89. The minimum atomic E-state index is -0.447. The molecule has 0 bridgehead atoms. The molecule has 28 heavy (non-hydrogen) atoms. The smallest absolute Gasteiger partial charge is 0.337 e. The van der Waals surface area contributed by atoms with E-state index in [4.69, 9.17) is 21.1 Å². The zero-order chi connectivity index (χ0) is 20.1. The van der Waals surface area contributed by atoms with E-state index in [0.29, 0.717) is 39.5 Å². The molecule has 8 heteroatoms. The van der Waals surface area contributed by atoms with Crippen molar-refractivity contribution < 1.29 is 14.3 Å². The number of methoxy groups -OCH3 is 2. The first-order valence-electron chi connectivity index (χ1n) is 8.41. The summed E-state index contributed by atoms with van der Waals surface area (Å²) < 4.78 is 10.1. The molecule has 0 fully saturated rings. The number of nitrogens with zero attached hydrogens (tertiary/aromatic N) is 2. The van der Waals surface area contributed by atoms with E-state index in [-0.39, 0.29) is 0 Å². The Bertz CT molecular complexity index is 1010. The number of ether oxygens (including phenoxy) is 2. The number of benzene rings is 2. The third-order valence-electron chi connectivity index (χ3n) is 3.86. The highest BCUT2D eigenvalue weighted by molar-refractivity contribution is 6.33. The normalized spacial score (nSPS) is 10.3. The maximum atomic E-state index is 11.8. The van der Waals surface area contributed by atoms with Gasteiger partial charge >= 0.3 is 5.97 Å². The average Bonchev–Trinajstić information content (AvgIpc) is 2.69. The topological polar surface area (TPSA) is 85.4 Å². The first-order chi connectivity index (χ1) is 13.5. The van der Waals surface area contributed by atoms with Gasteiger partial charge in [-0.2, -0.15) is 0 Å². The molecule has 0 saturated heterocycles. The summed E-state index contributed by atoms with van der Waals surface area (Å²) in [6.07, 6.45) is 0. The first kappa shape index (κ1) is 19.4. The summed E-state index contributed by atoms with van der Waals surface area (Å²) in [7, 11) is 2.93. The van der Waals surface area contributed by atoms with Crippen LogP contribution in [0.1, 0.15) is 16.2 Å². The second-order valence-electron chi connectivity index (χ2n) is 5.82. The van der Waals surface area contributed by atoms with Crippen molar-refractivity contribution in [3.8, 4) is 5.75 Å². The Morgan fingerprint density at radius 1 is 0.964 bits per heavy atom. The van der Waals surface area contributed by atoms with Crippen LogP contribution in [0.5, 0.6) is 5.75 Å². The zero-order valence-corrected chi connectivity index (χ0v) is 16.4. The van der Waals surface area contributed by atoms with Gasteiger partial charge in [0.15, 0.2) is 0 Å². The Morgan fingerprint density at radius 2 is 1.64 bits per heavy atom. The van der Waals surface area contributed by atoms with Crippen molar-refractivity contribution in [1.82, 2.24) is 9.97 Å². The molecular formula is C20H19ClN4O3. The molecule has 0 saturated carbocycles. The molecule has 3 rings (SSSR count). The number of aromatic nitrogens is 2. The number of nitrogens with one attached hydrogen (secondary N) is 2. The van der Waals surface area contributed by atoms with Crippen LogP contribution in [0.15, 0.2) is 48.5 Å². The number of aryl methyl sites for hydroxylation is 1. The minimum Gasteiger partial charge on any atom is -0.495 e. The van der Waals surface area contributed by atoms with Crippen LogP contribution in [0.2, 0.25) is 5.02 Å². The zero-order valence-electron chi connectivity index (χ0n) is 15.6. The summed E-state index contributed by atoms with van der Waals surface area (Å²) >= 11 is 6.25. The van der Waals surface area contributed by atoms with Gasteiger partial charge in [-0.25, -0.2) is 14.8 Å². The fourth-order valence-electron chi connectivity index (χ4n) is 2.59. The molecule has 0 spiro atoms. The van der Waals surface area contributed by atoms with Crippen LogP contribution < -0.4 is 15.4 Å². The Kier molecular flexibility index (Phi) is 5.96. The fraction of sp³-hybridized carbons (Fsp3) is 0.150. The van der Waals surface area contributed by atoms with Crippen LogP contribution in [-0.2, 0) is 4.74 Å². The Hall–Kier alpha value is -3.32. The van der Waals surface area contributed by atoms with Crippen molar-refractivity contribution in [2.24, 2.45) is 0 Å². The molecule has 144 valence electrons. The molecule has 0 aliphatic carbocycles. The molecule has 0 aliphatic rings. The summed E-state index contributed by atoms with van der Waals surface area (Å²) in [6, 6.07) is 14.1. The lowest BCUT2D eigenvalue weighted by atomic mass is 10.2. The predicted octanol–water partition coefficient (Wildman–Crippen LogP) is 4.72. The van der Waals surface area contributed by atoms with E-state index in [2.05, 4.69) is 20.6 Å². The number of anilines is 4. The van der Waals surface area contributed by atoms with Gasteiger partial charge in [0.1, 0.15) is 23.2 Å². The number of carbonyl (C=O) groups is 1. The van der Waals surface area contributed by atoms with Gasteiger partial charge in [0, 0.05) is 6.07 Å². The van der Waals surface area contributed by atoms with Crippen LogP contribution in [0.4, 0.5) is 23.0 Å². The monoisotopic (exact) mass is 398 g/mol. The van der Waals surface area contributed by atoms with Crippen molar-refractivity contribution in [3.05, 3.63) is 64.9 Å². The van der Waals surface area contributed by atoms with Crippen molar-refractivity contribution in [2.45, 2.75) is 6.92 Å². The quantitative estimate of drug-likeness (QED) is 0.581. The Labute approximate surface area is 167 Å². The van der Waals surface area contributed by atoms with E-state index < -0.39 is 5.97 Å². The van der Waals surface area contributed by atoms with Crippen LogP contribution in [0, 0.1) is 6.92 Å². The third-order valence-corrected chi connectivity index (χ3v) is 4.19. The first-order valence-corrected chi connectivity index (χ1v) is 8.78. The number of rotatable bonds is 6. The van der Waals surface area contributed by atoms with E-state index in [9.17, 15) is 4.79 Å². The summed E-state index contributed by atoms with van der Waals surface area (Å²) in [5, 5.41) is 6.79. The fourth-order valence-corrected chi connectivity index (χ4v) is 2.75. The molecule has 1 heterocycles. The summed E-state index contributed by atoms with van der Waals surface area (Å²) in [5.41, 5.74) is 1.69. The van der Waals surface area contributed by atoms with Gasteiger partial charge in [0.2, 0.25) is 0 Å². The molecule has 0 atom stereocenters. The van der Waals surface area contributed by atoms with E-state index in [1.807, 2.05) is 24.3 Å². The number of carbonyl (C=O) groups excluding carboxylic acids is 1. The van der Waals surface area contributed by atoms with Crippen molar-refractivity contribution >= 4 is 40.6 Å². The standard InChI is InChI=1S/C20H19ClN4O3/c1-12-22-18(24-15-6-4-5-7-17(15)27-2)11-19(23-12)25-16-10-13(20(26)28-3)8-9-14(16)21/h4-11H,1-3H3,(H2,22,23,24,25). The van der Waals surface area contributed by atoms with Gasteiger partial charge in [-0.15, -0.1) is 0 Å². The second-order valence-corrected chi connectivity index (χ2v) is 6.23. The van der Waals surface area contributed by atoms with Gasteiger partial charge < -0.3 is 20.1 Å². The van der Waals surface area contributed by atoms with Crippen molar-refractivity contribution in [2.75, 3.05) is 24.9 Å². The van der Waals surface area contributed by atoms with Gasteiger partial charge in [-0.05, 0) is 37.3 Å². The predicted molar refractivity (Wildman–Crippen MR) is 109 cm³/mol. The molecule has 0 radical (unpaired) electrons. The van der Waals surface area contributed by atoms with Crippen LogP contribution in [-0.4, -0.2) is 30.2 Å². The molecule has 0 aliphatic heterocycles. The SMILES string of the molecule is COC(=O)c1ccc(Cl)c(Nc2cc(Nc3ccccc3OC)nc(C)n2)c1. The number of esters is 1. The van der Waals surface area contributed by atoms with Crippen LogP contribution in [0.3, 0.4) is 0 Å². The second kappa shape index (κ2) is 8.58. The summed E-state index contributed by atoms with van der Waals surface area (Å²) in [5.74, 6) is 1.91. The number of hydrogen-bond acceptors (Lipinski definition) is 7. The van der Waals surface area contributed by atoms with E-state index in [0.717, 1.165) is 5.69 Å². The molecule has 1 aromatic heterocycles. The minimum absolute atomic E-state index is 0.382. The van der Waals surface area contributed by atoms with Gasteiger partial charge in [0.05, 0.1) is 36.2 Å². The van der Waals surface area contributed by atoms with Crippen LogP contribution >= 0.6 is 11.6 Å². The molecule has 2 aromatic carbocycles. The largest absolute Gasteiger partial charge is 0.495 e. The maximum absolute atomic E-state index is 11.8. The van der Waals surface area contributed by atoms with Gasteiger partial charge in [-0.1, -0.05) is 23.7 Å². The van der Waals surface area contributed by atoms with Crippen LogP contribution in [0.25, 0.3) is 0 Å². The Morgan fingerprint density at radius 3 is 2.32 bits per heavy atom. The number of hydrogen-bond donors (Lipinski definition) is 2. The summed E-state index contributed by atoms with van der Waals surface area (Å²) in [4.78, 5) is 20.5. The maximum Gasteiger partial charge on any atom is 0.337 e. The molecule has 0 unspecified atom stereocenters. The van der Waals surface area contributed by atoms with E-state index >= 15 is 0 Å². The third kappa shape index (κ3) is 4.50. The lowest BCUT2D eigenvalue weighted by Crippen LogP contribution is -2.04. The molecule has 0 amide bonds. The van der Waals surface area contributed by atoms with Gasteiger partial charge in [0.25, 0.3) is 0 Å². The number of para-hydroxylation sites is 2. The van der Waals surface area contributed by atoms with E-state index in [1.165, 1.54) is 7.11 Å². The average molecular weight is 399 g/mol. The van der Waals surface area contributed by atoms with Crippen molar-refractivity contribution in [1.29, 1.82) is 0 Å². The highest BCUT2D eigenvalue weighted by Crippen LogP contribution is 2.29.